The number of allylic oxidation sites excluding steroid dienone is 1. The molecule has 0 radical (unpaired) electrons. The Morgan fingerprint density at radius 3 is 2.61 bits per heavy atom. The number of carbonyl (C=O) groups excluding carboxylic acids is 2. The van der Waals surface area contributed by atoms with Gasteiger partial charge >= 0.3 is 5.97 Å². The van der Waals surface area contributed by atoms with Crippen LogP contribution in [0.25, 0.3) is 16.5 Å². The van der Waals surface area contributed by atoms with Crippen LogP contribution in [0.15, 0.2) is 48.6 Å². The van der Waals surface area contributed by atoms with Crippen molar-refractivity contribution in [1.82, 2.24) is 0 Å². The first-order valence-electron chi connectivity index (χ1n) is 7.24. The summed E-state index contributed by atoms with van der Waals surface area (Å²) in [6.45, 7) is 7.27. The van der Waals surface area contributed by atoms with Gasteiger partial charge in [-0.3, -0.25) is 4.79 Å². The van der Waals surface area contributed by atoms with Gasteiger partial charge in [0.1, 0.15) is 5.76 Å². The van der Waals surface area contributed by atoms with Gasteiger partial charge in [0.05, 0.1) is 0 Å². The number of alkyl halides is 1. The molecule has 1 atom stereocenters. The second-order valence-electron chi connectivity index (χ2n) is 5.59. The number of ketones is 1. The van der Waals surface area contributed by atoms with E-state index in [0.29, 0.717) is 20.8 Å². The molecule has 0 heterocycles. The van der Waals surface area contributed by atoms with Crippen LogP contribution < -0.4 is 0 Å². The molecule has 0 aliphatic heterocycles. The quantitative estimate of drug-likeness (QED) is 0.305. The molecule has 4 heteroatoms. The highest BCUT2D eigenvalue weighted by Gasteiger charge is 2.24. The molecule has 0 spiro atoms. The third-order valence-electron chi connectivity index (χ3n) is 3.85. The van der Waals surface area contributed by atoms with E-state index in [0.717, 1.165) is 21.9 Å². The Morgan fingerprint density at radius 1 is 1.22 bits per heavy atom. The van der Waals surface area contributed by atoms with Crippen LogP contribution in [0.2, 0.25) is 0 Å². The van der Waals surface area contributed by atoms with Crippen LogP contribution in [0.3, 0.4) is 0 Å². The van der Waals surface area contributed by atoms with Gasteiger partial charge in [-0.05, 0) is 24.8 Å². The van der Waals surface area contributed by atoms with E-state index in [-0.39, 0.29) is 5.78 Å². The number of hydrogen-bond acceptors (Lipinski definition) is 3. The third-order valence-corrected chi connectivity index (χ3v) is 4.52. The Kier molecular flexibility index (Phi) is 4.10. The summed E-state index contributed by atoms with van der Waals surface area (Å²) in [6.07, 6.45) is 1.38. The molecule has 23 heavy (non-hydrogen) atoms. The summed E-state index contributed by atoms with van der Waals surface area (Å²) < 4.78 is 5.68. The minimum atomic E-state index is -0.525. The summed E-state index contributed by atoms with van der Waals surface area (Å²) in [5.41, 5.74) is 2.87. The van der Waals surface area contributed by atoms with E-state index in [1.54, 1.807) is 6.92 Å². The predicted molar refractivity (Wildman–Crippen MR) is 99.6 cm³/mol. The van der Waals surface area contributed by atoms with Crippen molar-refractivity contribution >= 4 is 50.9 Å². The van der Waals surface area contributed by atoms with E-state index in [2.05, 4.69) is 36.1 Å². The first-order valence-corrected chi connectivity index (χ1v) is 8.48. The fourth-order valence-corrected chi connectivity index (χ4v) is 3.28. The lowest BCUT2D eigenvalue weighted by Crippen LogP contribution is -2.11. The van der Waals surface area contributed by atoms with Crippen LogP contribution in [0, 0.1) is 0 Å². The van der Waals surface area contributed by atoms with Crippen molar-refractivity contribution < 1.29 is 14.3 Å². The van der Waals surface area contributed by atoms with Crippen LogP contribution in [0.1, 0.15) is 39.3 Å². The maximum Gasteiger partial charge on any atom is 0.338 e. The number of hydrogen-bond donors (Lipinski definition) is 0. The van der Waals surface area contributed by atoms with Gasteiger partial charge in [0.2, 0.25) is 0 Å². The topological polar surface area (TPSA) is 43.4 Å². The van der Waals surface area contributed by atoms with Gasteiger partial charge in [-0.15, -0.1) is 0 Å². The van der Waals surface area contributed by atoms with Gasteiger partial charge in [0.25, 0.3) is 0 Å². The van der Waals surface area contributed by atoms with Crippen LogP contribution in [0.4, 0.5) is 0 Å². The maximum atomic E-state index is 12.4. The van der Waals surface area contributed by atoms with Crippen molar-refractivity contribution in [2.75, 3.05) is 0 Å². The Balaban J connectivity index is 2.25. The number of ether oxygens (including phenoxy) is 1. The normalized spacial score (nSPS) is 14.4. The molecule has 0 saturated heterocycles. The Bertz CT molecular complexity index is 891. The molecule has 2 aromatic rings. The van der Waals surface area contributed by atoms with Crippen molar-refractivity contribution in [2.45, 2.75) is 17.8 Å². The molecule has 0 bridgehead atoms. The smallest absolute Gasteiger partial charge is 0.338 e. The van der Waals surface area contributed by atoms with Crippen molar-refractivity contribution in [3.8, 4) is 0 Å². The average molecular weight is 418 g/mol. The molecule has 2 aromatic carbocycles. The zero-order valence-electron chi connectivity index (χ0n) is 12.9. The number of carbonyl (C=O) groups is 2. The Hall–Kier alpha value is -1.95. The van der Waals surface area contributed by atoms with Crippen molar-refractivity contribution in [3.05, 3.63) is 65.3 Å². The van der Waals surface area contributed by atoms with Crippen LogP contribution in [-0.4, -0.2) is 11.8 Å². The standard InChI is InChI=1S/C19H15IO3/c1-10(2)19(22)23-17-9-16(21)14-6-4-5-13-12(11(3)20)7-8-15(17)18(13)14/h4-9,11H,1H2,2-3H3/t11-/m1/s1. The highest BCUT2D eigenvalue weighted by Crippen LogP contribution is 2.38. The van der Waals surface area contributed by atoms with Crippen molar-refractivity contribution in [2.24, 2.45) is 0 Å². The zero-order chi connectivity index (χ0) is 16.7. The van der Waals surface area contributed by atoms with Crippen LogP contribution >= 0.6 is 22.6 Å². The van der Waals surface area contributed by atoms with E-state index in [1.165, 1.54) is 6.08 Å². The lowest BCUT2D eigenvalue weighted by Gasteiger charge is -2.20. The largest absolute Gasteiger partial charge is 0.422 e. The highest BCUT2D eigenvalue weighted by molar-refractivity contribution is 14.1. The average Bonchev–Trinajstić information content (AvgIpc) is 2.51. The van der Waals surface area contributed by atoms with Gasteiger partial charge in [0, 0.05) is 32.1 Å². The predicted octanol–water partition coefficient (Wildman–Crippen LogP) is 4.99. The van der Waals surface area contributed by atoms with E-state index >= 15 is 0 Å². The molecule has 1 aliphatic carbocycles. The van der Waals surface area contributed by atoms with Crippen LogP contribution in [0.5, 0.6) is 0 Å². The second-order valence-corrected chi connectivity index (χ2v) is 7.46. The summed E-state index contributed by atoms with van der Waals surface area (Å²) in [5.74, 6) is -0.381. The van der Waals surface area contributed by atoms with Gasteiger partial charge in [-0.2, -0.15) is 0 Å². The van der Waals surface area contributed by atoms with Crippen molar-refractivity contribution in [3.63, 3.8) is 0 Å². The molecule has 0 saturated carbocycles. The Labute approximate surface area is 148 Å². The molecule has 116 valence electrons. The van der Waals surface area contributed by atoms with Gasteiger partial charge in [-0.1, -0.05) is 59.5 Å². The first-order chi connectivity index (χ1) is 10.9. The molecule has 0 fully saturated rings. The molecule has 0 aromatic heterocycles. The summed E-state index contributed by atoms with van der Waals surface area (Å²) in [4.78, 5) is 24.3. The number of rotatable bonds is 3. The lowest BCUT2D eigenvalue weighted by atomic mass is 9.88. The first kappa shape index (κ1) is 15.9. The van der Waals surface area contributed by atoms with Gasteiger partial charge < -0.3 is 4.74 Å². The molecule has 1 aliphatic rings. The second kappa shape index (κ2) is 5.92. The molecule has 0 N–H and O–H groups in total. The fourth-order valence-electron chi connectivity index (χ4n) is 2.73. The SMILES string of the molecule is C=C(C)C(=O)OC1=CC(=O)c2cccc3c([C@@H](C)I)ccc1c23. The van der Waals surface area contributed by atoms with Crippen LogP contribution in [-0.2, 0) is 9.53 Å². The monoisotopic (exact) mass is 418 g/mol. The molecular formula is C19H15IO3. The molecule has 0 amide bonds. The summed E-state index contributed by atoms with van der Waals surface area (Å²) in [7, 11) is 0. The number of benzene rings is 2. The van der Waals surface area contributed by atoms with Gasteiger partial charge in [0.15, 0.2) is 5.78 Å². The number of esters is 1. The van der Waals surface area contributed by atoms with E-state index in [4.69, 9.17) is 4.74 Å². The molecular weight excluding hydrogens is 403 g/mol. The summed E-state index contributed by atoms with van der Waals surface area (Å²) in [6, 6.07) is 9.64. The van der Waals surface area contributed by atoms with E-state index < -0.39 is 5.97 Å². The third kappa shape index (κ3) is 2.72. The molecule has 3 rings (SSSR count). The fraction of sp³-hybridized carbons (Fsp3) is 0.158. The maximum absolute atomic E-state index is 12.4. The molecule has 0 unspecified atom stereocenters. The summed E-state index contributed by atoms with van der Waals surface area (Å²) in [5, 5.41) is 1.87. The lowest BCUT2D eigenvalue weighted by molar-refractivity contribution is -0.132. The van der Waals surface area contributed by atoms with Gasteiger partial charge in [-0.25, -0.2) is 4.79 Å². The Morgan fingerprint density at radius 2 is 1.96 bits per heavy atom. The van der Waals surface area contributed by atoms with E-state index in [9.17, 15) is 9.59 Å². The highest BCUT2D eigenvalue weighted by atomic mass is 127. The number of halogens is 1. The minimum Gasteiger partial charge on any atom is -0.422 e. The van der Waals surface area contributed by atoms with Crippen molar-refractivity contribution in [1.29, 1.82) is 0 Å². The zero-order valence-corrected chi connectivity index (χ0v) is 15.0. The van der Waals surface area contributed by atoms with E-state index in [1.807, 2.05) is 30.3 Å². The summed E-state index contributed by atoms with van der Waals surface area (Å²) >= 11 is 2.35. The molecule has 3 nitrogen and oxygen atoms in total. The minimum absolute atomic E-state index is 0.147.